The number of benzene rings is 2. The van der Waals surface area contributed by atoms with Crippen LogP contribution in [0.2, 0.25) is 0 Å². The predicted molar refractivity (Wildman–Crippen MR) is 109 cm³/mol. The fraction of sp³-hybridized carbons (Fsp3) is 0.154. The maximum absolute atomic E-state index is 4.49. The molecule has 124 valence electrons. The lowest BCUT2D eigenvalue weighted by molar-refractivity contribution is 0.780. The number of allylic oxidation sites excluding steroid dienone is 8. The highest BCUT2D eigenvalue weighted by molar-refractivity contribution is 6.00. The van der Waals surface area contributed by atoms with Crippen LogP contribution in [-0.2, 0) is 5.41 Å². The first-order valence-electron chi connectivity index (χ1n) is 9.43. The van der Waals surface area contributed by atoms with Crippen molar-refractivity contribution in [3.63, 3.8) is 0 Å². The lowest BCUT2D eigenvalue weighted by Crippen LogP contribution is -2.27. The molecular formula is C26H20. The van der Waals surface area contributed by atoms with Gasteiger partial charge in [-0.05, 0) is 62.8 Å². The highest BCUT2D eigenvalue weighted by Gasteiger charge is 2.57. The van der Waals surface area contributed by atoms with Crippen molar-refractivity contribution in [1.82, 2.24) is 0 Å². The van der Waals surface area contributed by atoms with E-state index in [0.29, 0.717) is 5.92 Å². The molecule has 0 bridgehead atoms. The summed E-state index contributed by atoms with van der Waals surface area (Å²) in [5, 5.41) is 0. The zero-order valence-corrected chi connectivity index (χ0v) is 14.7. The molecule has 26 heavy (non-hydrogen) atoms. The molecule has 1 fully saturated rings. The molecule has 0 saturated heterocycles. The molecule has 4 aliphatic carbocycles. The van der Waals surface area contributed by atoms with Gasteiger partial charge in [0.15, 0.2) is 0 Å². The minimum absolute atomic E-state index is 0.224. The molecule has 3 atom stereocenters. The second kappa shape index (κ2) is 4.65. The molecule has 0 heteroatoms. The summed E-state index contributed by atoms with van der Waals surface area (Å²) in [4.78, 5) is 0. The lowest BCUT2D eigenvalue weighted by atomic mass is 9.69. The van der Waals surface area contributed by atoms with E-state index in [1.807, 2.05) is 6.08 Å². The normalized spacial score (nSPS) is 31.1. The van der Waals surface area contributed by atoms with Gasteiger partial charge in [-0.25, -0.2) is 0 Å². The van der Waals surface area contributed by atoms with E-state index in [2.05, 4.69) is 79.9 Å². The Bertz CT molecular complexity index is 1100. The number of fused-ring (bicyclic) bond motifs is 8. The van der Waals surface area contributed by atoms with E-state index in [1.54, 1.807) is 5.57 Å². The SMILES string of the molecule is C=C/C=C1\C(=C)c2ccccc2C12C1=C(c3ccccc32)C2CC2C=C1. The van der Waals surface area contributed by atoms with Gasteiger partial charge in [-0.15, -0.1) is 0 Å². The van der Waals surface area contributed by atoms with Crippen LogP contribution in [0.1, 0.15) is 28.7 Å². The Morgan fingerprint density at radius 3 is 2.42 bits per heavy atom. The Morgan fingerprint density at radius 2 is 1.65 bits per heavy atom. The molecule has 6 rings (SSSR count). The summed E-state index contributed by atoms with van der Waals surface area (Å²) in [6.07, 6.45) is 10.2. The van der Waals surface area contributed by atoms with Crippen molar-refractivity contribution < 1.29 is 0 Å². The summed E-state index contributed by atoms with van der Waals surface area (Å²) in [6, 6.07) is 17.8. The molecule has 0 aromatic heterocycles. The van der Waals surface area contributed by atoms with Crippen molar-refractivity contribution in [2.45, 2.75) is 11.8 Å². The van der Waals surface area contributed by atoms with Crippen LogP contribution in [0.4, 0.5) is 0 Å². The van der Waals surface area contributed by atoms with Gasteiger partial charge in [0, 0.05) is 0 Å². The van der Waals surface area contributed by atoms with E-state index in [1.165, 1.54) is 39.8 Å². The first-order chi connectivity index (χ1) is 12.8. The number of hydrogen-bond donors (Lipinski definition) is 0. The Morgan fingerprint density at radius 1 is 0.962 bits per heavy atom. The molecule has 1 saturated carbocycles. The Hall–Kier alpha value is -2.86. The summed E-state index contributed by atoms with van der Waals surface area (Å²) in [6.45, 7) is 8.50. The van der Waals surface area contributed by atoms with Gasteiger partial charge in [-0.3, -0.25) is 0 Å². The summed E-state index contributed by atoms with van der Waals surface area (Å²) >= 11 is 0. The van der Waals surface area contributed by atoms with Crippen LogP contribution in [0.3, 0.4) is 0 Å². The zero-order chi connectivity index (χ0) is 17.5. The minimum Gasteiger partial charge on any atom is -0.0991 e. The lowest BCUT2D eigenvalue weighted by Gasteiger charge is -2.32. The molecule has 2 aromatic carbocycles. The zero-order valence-electron chi connectivity index (χ0n) is 14.7. The van der Waals surface area contributed by atoms with E-state index >= 15 is 0 Å². The molecule has 2 aromatic rings. The third kappa shape index (κ3) is 1.44. The smallest absolute Gasteiger partial charge is 0.0722 e. The van der Waals surface area contributed by atoms with Gasteiger partial charge >= 0.3 is 0 Å². The van der Waals surface area contributed by atoms with Crippen molar-refractivity contribution in [2.24, 2.45) is 11.8 Å². The molecule has 1 spiro atoms. The molecule has 0 N–H and O–H groups in total. The second-order valence-corrected chi connectivity index (χ2v) is 7.83. The van der Waals surface area contributed by atoms with Gasteiger partial charge in [0.1, 0.15) is 0 Å². The first-order valence-corrected chi connectivity index (χ1v) is 9.43. The maximum atomic E-state index is 4.49. The molecule has 0 aliphatic heterocycles. The van der Waals surface area contributed by atoms with Crippen molar-refractivity contribution in [2.75, 3.05) is 0 Å². The first kappa shape index (κ1) is 14.3. The van der Waals surface area contributed by atoms with Crippen LogP contribution >= 0.6 is 0 Å². The third-order valence-electron chi connectivity index (χ3n) is 6.71. The summed E-state index contributed by atoms with van der Waals surface area (Å²) in [5.41, 5.74) is 10.8. The molecule has 0 amide bonds. The molecule has 0 heterocycles. The topological polar surface area (TPSA) is 0 Å². The Labute approximate surface area is 154 Å². The van der Waals surface area contributed by atoms with Crippen molar-refractivity contribution in [3.8, 4) is 0 Å². The summed E-state index contributed by atoms with van der Waals surface area (Å²) in [5.74, 6) is 1.44. The fourth-order valence-electron chi connectivity index (χ4n) is 5.64. The summed E-state index contributed by atoms with van der Waals surface area (Å²) in [7, 11) is 0. The van der Waals surface area contributed by atoms with E-state index < -0.39 is 0 Å². The minimum atomic E-state index is -0.224. The second-order valence-electron chi connectivity index (χ2n) is 7.83. The van der Waals surface area contributed by atoms with Crippen LogP contribution in [-0.4, -0.2) is 0 Å². The van der Waals surface area contributed by atoms with Gasteiger partial charge < -0.3 is 0 Å². The number of hydrogen-bond acceptors (Lipinski definition) is 0. The monoisotopic (exact) mass is 332 g/mol. The Balaban J connectivity index is 1.81. The van der Waals surface area contributed by atoms with Gasteiger partial charge in [0.05, 0.1) is 5.41 Å². The van der Waals surface area contributed by atoms with Crippen molar-refractivity contribution in [1.29, 1.82) is 0 Å². The molecule has 0 radical (unpaired) electrons. The van der Waals surface area contributed by atoms with Gasteiger partial charge in [-0.2, -0.15) is 0 Å². The van der Waals surface area contributed by atoms with Crippen LogP contribution < -0.4 is 0 Å². The molecule has 4 aliphatic rings. The fourth-order valence-corrected chi connectivity index (χ4v) is 5.64. The van der Waals surface area contributed by atoms with Crippen LogP contribution in [0.25, 0.3) is 11.1 Å². The van der Waals surface area contributed by atoms with E-state index in [0.717, 1.165) is 11.5 Å². The van der Waals surface area contributed by atoms with Crippen molar-refractivity contribution >= 4 is 11.1 Å². The Kier molecular flexibility index (Phi) is 2.56. The predicted octanol–water partition coefficient (Wildman–Crippen LogP) is 6.09. The largest absolute Gasteiger partial charge is 0.0991 e. The highest BCUT2D eigenvalue weighted by atomic mass is 14.6. The van der Waals surface area contributed by atoms with Gasteiger partial charge in [0.2, 0.25) is 0 Å². The van der Waals surface area contributed by atoms with Crippen LogP contribution in [0.5, 0.6) is 0 Å². The van der Waals surface area contributed by atoms with Gasteiger partial charge in [0.25, 0.3) is 0 Å². The molecule has 0 nitrogen and oxygen atoms in total. The average molecular weight is 332 g/mol. The van der Waals surface area contributed by atoms with E-state index in [4.69, 9.17) is 0 Å². The standard InChI is InChI=1S/C26H20/c1-3-8-21-16(2)18-9-4-6-11-22(18)26(21)23-12-7-5-10-19(23)25-20-15-17(20)13-14-24(25)26/h3-14,17,20H,1-2,15H2/b21-8+. The van der Waals surface area contributed by atoms with E-state index in [-0.39, 0.29) is 5.41 Å². The quantitative estimate of drug-likeness (QED) is 0.593. The number of rotatable bonds is 1. The van der Waals surface area contributed by atoms with Crippen molar-refractivity contribution in [3.05, 3.63) is 119 Å². The molecular weight excluding hydrogens is 312 g/mol. The van der Waals surface area contributed by atoms with Crippen LogP contribution in [0, 0.1) is 11.8 Å². The van der Waals surface area contributed by atoms with Crippen LogP contribution in [0.15, 0.2) is 97.1 Å². The third-order valence-corrected chi connectivity index (χ3v) is 6.71. The average Bonchev–Trinajstić information content (AvgIpc) is 3.36. The van der Waals surface area contributed by atoms with Gasteiger partial charge in [-0.1, -0.05) is 86.0 Å². The van der Waals surface area contributed by atoms with E-state index in [9.17, 15) is 0 Å². The summed E-state index contributed by atoms with van der Waals surface area (Å²) < 4.78 is 0. The highest BCUT2D eigenvalue weighted by Crippen LogP contribution is 2.67. The maximum Gasteiger partial charge on any atom is 0.0722 e. The molecule has 3 unspecified atom stereocenters.